The molecule has 1 aromatic carbocycles. The predicted molar refractivity (Wildman–Crippen MR) is 80.5 cm³/mol. The van der Waals surface area contributed by atoms with Gasteiger partial charge in [-0.1, -0.05) is 15.9 Å². The molecule has 0 bridgehead atoms. The van der Waals surface area contributed by atoms with Crippen LogP contribution in [-0.2, 0) is 6.42 Å². The monoisotopic (exact) mass is 352 g/mol. The van der Waals surface area contributed by atoms with Gasteiger partial charge in [0, 0.05) is 23.1 Å². The summed E-state index contributed by atoms with van der Waals surface area (Å²) >= 11 is 3.20. The summed E-state index contributed by atoms with van der Waals surface area (Å²) in [5.41, 5.74) is 0.493. The van der Waals surface area contributed by atoms with Crippen molar-refractivity contribution >= 4 is 33.6 Å². The molecule has 3 N–H and O–H groups in total. The van der Waals surface area contributed by atoms with E-state index in [9.17, 15) is 9.59 Å². The molecule has 1 aromatic heterocycles. The lowest BCUT2D eigenvalue weighted by molar-refractivity contribution is 0.0697. The maximum Gasteiger partial charge on any atom is 0.335 e. The molecule has 2 aromatic rings. The molecule has 0 unspecified atom stereocenters. The first kappa shape index (κ1) is 15.1. The summed E-state index contributed by atoms with van der Waals surface area (Å²) in [7, 11) is 0. The lowest BCUT2D eigenvalue weighted by Crippen LogP contribution is -2.30. The third kappa shape index (κ3) is 4.64. The second-order valence-corrected chi connectivity index (χ2v) is 5.16. The van der Waals surface area contributed by atoms with Gasteiger partial charge in [0.2, 0.25) is 0 Å². The zero-order valence-electron chi connectivity index (χ0n) is 10.9. The van der Waals surface area contributed by atoms with Crippen molar-refractivity contribution in [2.75, 3.05) is 11.9 Å². The van der Waals surface area contributed by atoms with Crippen LogP contribution in [0.15, 0.2) is 45.5 Å². The van der Waals surface area contributed by atoms with Crippen LogP contribution in [0.2, 0.25) is 0 Å². The van der Waals surface area contributed by atoms with Crippen molar-refractivity contribution in [2.24, 2.45) is 0 Å². The van der Waals surface area contributed by atoms with Crippen LogP contribution in [0.4, 0.5) is 10.5 Å². The molecule has 0 saturated heterocycles. The van der Waals surface area contributed by atoms with Crippen molar-refractivity contribution in [3.63, 3.8) is 0 Å². The highest BCUT2D eigenvalue weighted by molar-refractivity contribution is 9.10. The highest BCUT2D eigenvalue weighted by atomic mass is 79.9. The van der Waals surface area contributed by atoms with Crippen LogP contribution in [0.3, 0.4) is 0 Å². The molecule has 2 rings (SSSR count). The molecular formula is C14H13BrN2O4. The Labute approximate surface area is 129 Å². The molecule has 0 atom stereocenters. The van der Waals surface area contributed by atoms with Gasteiger partial charge in [0.1, 0.15) is 5.76 Å². The van der Waals surface area contributed by atoms with Crippen molar-refractivity contribution in [2.45, 2.75) is 6.42 Å². The molecule has 0 aliphatic rings. The molecule has 0 fully saturated rings. The highest BCUT2D eigenvalue weighted by Gasteiger charge is 2.08. The van der Waals surface area contributed by atoms with Crippen LogP contribution in [0, 0.1) is 0 Å². The number of hydrogen-bond donors (Lipinski definition) is 3. The number of benzene rings is 1. The van der Waals surface area contributed by atoms with Crippen molar-refractivity contribution < 1.29 is 19.1 Å². The zero-order valence-corrected chi connectivity index (χ0v) is 12.5. The van der Waals surface area contributed by atoms with E-state index in [4.69, 9.17) is 9.52 Å². The predicted octanol–water partition coefficient (Wildman–Crippen LogP) is 3.10. The van der Waals surface area contributed by atoms with E-state index in [1.165, 1.54) is 12.1 Å². The van der Waals surface area contributed by atoms with Crippen LogP contribution >= 0.6 is 15.9 Å². The van der Waals surface area contributed by atoms with Crippen molar-refractivity contribution in [3.8, 4) is 0 Å². The lowest BCUT2D eigenvalue weighted by Gasteiger charge is -2.08. The Morgan fingerprint density at radius 2 is 2.10 bits per heavy atom. The molecule has 7 heteroatoms. The minimum Gasteiger partial charge on any atom is -0.478 e. The number of carboxylic acids is 1. The topological polar surface area (TPSA) is 91.6 Å². The first-order chi connectivity index (χ1) is 10.0. The number of halogens is 1. The van der Waals surface area contributed by atoms with Crippen molar-refractivity contribution in [3.05, 3.63) is 52.4 Å². The molecule has 0 aliphatic heterocycles. The van der Waals surface area contributed by atoms with Crippen LogP contribution in [0.5, 0.6) is 0 Å². The van der Waals surface area contributed by atoms with E-state index in [0.29, 0.717) is 23.1 Å². The number of urea groups is 1. The third-order valence-electron chi connectivity index (χ3n) is 2.64. The summed E-state index contributed by atoms with van der Waals surface area (Å²) in [5, 5.41) is 14.2. The Kier molecular flexibility index (Phi) is 4.99. The zero-order chi connectivity index (χ0) is 15.2. The first-order valence-corrected chi connectivity index (χ1v) is 6.95. The number of furan rings is 1. The van der Waals surface area contributed by atoms with Gasteiger partial charge in [-0.15, -0.1) is 0 Å². The number of anilines is 1. The molecule has 1 heterocycles. The van der Waals surface area contributed by atoms with Crippen LogP contribution in [0.1, 0.15) is 16.1 Å². The van der Waals surface area contributed by atoms with Crippen molar-refractivity contribution in [1.82, 2.24) is 5.32 Å². The van der Waals surface area contributed by atoms with Gasteiger partial charge >= 0.3 is 12.0 Å². The molecule has 2 amide bonds. The third-order valence-corrected chi connectivity index (χ3v) is 3.10. The Balaban J connectivity index is 1.88. The Morgan fingerprint density at radius 3 is 2.76 bits per heavy atom. The van der Waals surface area contributed by atoms with E-state index in [1.807, 2.05) is 6.07 Å². The number of nitrogens with one attached hydrogen (secondary N) is 2. The molecule has 0 saturated carbocycles. The van der Waals surface area contributed by atoms with Gasteiger partial charge in [0.15, 0.2) is 0 Å². The van der Waals surface area contributed by atoms with Crippen LogP contribution < -0.4 is 10.6 Å². The number of carbonyl (C=O) groups is 2. The van der Waals surface area contributed by atoms with E-state index in [1.54, 1.807) is 18.4 Å². The number of carboxylic acid groups (broad SMARTS) is 1. The maximum atomic E-state index is 11.7. The fourth-order valence-electron chi connectivity index (χ4n) is 1.71. The summed E-state index contributed by atoms with van der Waals surface area (Å²) in [6, 6.07) is 7.67. The maximum absolute atomic E-state index is 11.7. The van der Waals surface area contributed by atoms with E-state index in [2.05, 4.69) is 26.6 Å². The number of rotatable bonds is 5. The number of hydrogen-bond acceptors (Lipinski definition) is 3. The van der Waals surface area contributed by atoms with Crippen LogP contribution in [0.25, 0.3) is 0 Å². The second kappa shape index (κ2) is 6.94. The average Bonchev–Trinajstić information content (AvgIpc) is 2.91. The second-order valence-electron chi connectivity index (χ2n) is 4.24. The fourth-order valence-corrected chi connectivity index (χ4v) is 2.21. The summed E-state index contributed by atoms with van der Waals surface area (Å²) in [6.07, 6.45) is 2.16. The Hall–Kier alpha value is -2.28. The average molecular weight is 353 g/mol. The lowest BCUT2D eigenvalue weighted by atomic mass is 10.2. The Bertz CT molecular complexity index is 640. The molecule has 110 valence electrons. The molecule has 21 heavy (non-hydrogen) atoms. The molecule has 0 aliphatic carbocycles. The fraction of sp³-hybridized carbons (Fsp3) is 0.143. The van der Waals surface area contributed by atoms with Gasteiger partial charge < -0.3 is 20.2 Å². The molecule has 6 nitrogen and oxygen atoms in total. The Morgan fingerprint density at radius 1 is 1.29 bits per heavy atom. The standard InChI is InChI=1S/C14H13BrN2O4/c15-10-6-9(13(18)19)7-11(8-10)17-14(20)16-4-3-12-2-1-5-21-12/h1-2,5-8H,3-4H2,(H,18,19)(H2,16,17,20). The first-order valence-electron chi connectivity index (χ1n) is 6.16. The molecule has 0 spiro atoms. The van der Waals surface area contributed by atoms with Gasteiger partial charge in [-0.05, 0) is 30.3 Å². The largest absolute Gasteiger partial charge is 0.478 e. The number of aromatic carboxylic acids is 1. The quantitative estimate of drug-likeness (QED) is 0.770. The number of carbonyl (C=O) groups excluding carboxylic acids is 1. The smallest absolute Gasteiger partial charge is 0.335 e. The summed E-state index contributed by atoms with van der Waals surface area (Å²) in [6.45, 7) is 0.416. The normalized spacial score (nSPS) is 10.1. The summed E-state index contributed by atoms with van der Waals surface area (Å²) in [4.78, 5) is 22.7. The minimum absolute atomic E-state index is 0.0928. The van der Waals surface area contributed by atoms with E-state index < -0.39 is 12.0 Å². The van der Waals surface area contributed by atoms with Crippen LogP contribution in [-0.4, -0.2) is 23.7 Å². The van der Waals surface area contributed by atoms with Crippen molar-refractivity contribution in [1.29, 1.82) is 0 Å². The van der Waals surface area contributed by atoms with Gasteiger partial charge in [-0.3, -0.25) is 0 Å². The number of amides is 2. The van der Waals surface area contributed by atoms with Gasteiger partial charge in [0.25, 0.3) is 0 Å². The summed E-state index contributed by atoms with van der Waals surface area (Å²) < 4.78 is 5.73. The van der Waals surface area contributed by atoms with Gasteiger partial charge in [-0.2, -0.15) is 0 Å². The summed E-state index contributed by atoms with van der Waals surface area (Å²) in [5.74, 6) is -0.275. The molecule has 0 radical (unpaired) electrons. The SMILES string of the molecule is O=C(NCCc1ccco1)Nc1cc(Br)cc(C(=O)O)c1. The molecular weight excluding hydrogens is 340 g/mol. The van der Waals surface area contributed by atoms with E-state index in [-0.39, 0.29) is 5.56 Å². The highest BCUT2D eigenvalue weighted by Crippen LogP contribution is 2.19. The van der Waals surface area contributed by atoms with Gasteiger partial charge in [0.05, 0.1) is 11.8 Å². The minimum atomic E-state index is -1.06. The van der Waals surface area contributed by atoms with E-state index in [0.717, 1.165) is 5.76 Å². The van der Waals surface area contributed by atoms with E-state index >= 15 is 0 Å². The van der Waals surface area contributed by atoms with Gasteiger partial charge in [-0.25, -0.2) is 9.59 Å².